The van der Waals surface area contributed by atoms with Crippen LogP contribution >= 0.6 is 0 Å². The van der Waals surface area contributed by atoms with Gasteiger partial charge in [-0.3, -0.25) is 0 Å². The van der Waals surface area contributed by atoms with Gasteiger partial charge in [-0.15, -0.1) is 0 Å². The SMILES string of the molecule is [CH2]C([CH2])(O)C(C)C. The van der Waals surface area contributed by atoms with Crippen molar-refractivity contribution in [3.8, 4) is 0 Å². The topological polar surface area (TPSA) is 20.2 Å². The highest BCUT2D eigenvalue weighted by atomic mass is 16.3. The molecule has 1 N–H and O–H groups in total. The molecule has 0 spiro atoms. The molecule has 0 aliphatic rings. The van der Waals surface area contributed by atoms with Gasteiger partial charge in [-0.1, -0.05) is 13.8 Å². The van der Waals surface area contributed by atoms with Crippen molar-refractivity contribution in [2.75, 3.05) is 0 Å². The van der Waals surface area contributed by atoms with Crippen molar-refractivity contribution in [3.63, 3.8) is 0 Å². The van der Waals surface area contributed by atoms with Crippen LogP contribution in [-0.4, -0.2) is 10.7 Å². The number of aliphatic hydroxyl groups is 1. The molecule has 0 aliphatic heterocycles. The van der Waals surface area contributed by atoms with Crippen LogP contribution in [-0.2, 0) is 0 Å². The molecular weight excluding hydrogens is 88.1 g/mol. The Labute approximate surface area is 45.4 Å². The van der Waals surface area contributed by atoms with Crippen LogP contribution in [0.2, 0.25) is 0 Å². The van der Waals surface area contributed by atoms with E-state index in [1.807, 2.05) is 13.8 Å². The van der Waals surface area contributed by atoms with Crippen LogP contribution in [0.25, 0.3) is 0 Å². The van der Waals surface area contributed by atoms with E-state index in [4.69, 9.17) is 5.11 Å². The van der Waals surface area contributed by atoms with Gasteiger partial charge < -0.3 is 5.11 Å². The van der Waals surface area contributed by atoms with Gasteiger partial charge in [0, 0.05) is 0 Å². The fourth-order valence-electron chi connectivity index (χ4n) is 0. The number of hydrogen-bond donors (Lipinski definition) is 1. The van der Waals surface area contributed by atoms with E-state index in [1.54, 1.807) is 0 Å². The molecule has 0 aromatic carbocycles. The summed E-state index contributed by atoms with van der Waals surface area (Å²) in [6.45, 7) is 10.6. The van der Waals surface area contributed by atoms with E-state index in [-0.39, 0.29) is 5.92 Å². The second-order valence-corrected chi connectivity index (χ2v) is 2.26. The smallest absolute Gasteiger partial charge is 0.0672 e. The third kappa shape index (κ3) is 2.63. The minimum Gasteiger partial charge on any atom is -0.390 e. The maximum Gasteiger partial charge on any atom is 0.0672 e. The van der Waals surface area contributed by atoms with Gasteiger partial charge in [-0.25, -0.2) is 0 Å². The first-order valence-electron chi connectivity index (χ1n) is 2.37. The lowest BCUT2D eigenvalue weighted by atomic mass is 9.95. The Morgan fingerprint density at radius 2 is 1.57 bits per heavy atom. The third-order valence-electron chi connectivity index (χ3n) is 1.07. The molecule has 0 aromatic heterocycles. The van der Waals surface area contributed by atoms with Gasteiger partial charge in [0.2, 0.25) is 0 Å². The van der Waals surface area contributed by atoms with Crippen LogP contribution in [0.5, 0.6) is 0 Å². The zero-order valence-corrected chi connectivity index (χ0v) is 4.94. The molecule has 0 bridgehead atoms. The molecule has 42 valence electrons. The second-order valence-electron chi connectivity index (χ2n) is 2.26. The van der Waals surface area contributed by atoms with Gasteiger partial charge in [0.1, 0.15) is 0 Å². The Hall–Kier alpha value is -0.0400. The van der Waals surface area contributed by atoms with Crippen LogP contribution < -0.4 is 0 Å². The van der Waals surface area contributed by atoms with Gasteiger partial charge in [-0.2, -0.15) is 0 Å². The lowest BCUT2D eigenvalue weighted by Crippen LogP contribution is -2.26. The molecule has 0 amide bonds. The Balaban J connectivity index is 3.54. The fraction of sp³-hybridized carbons (Fsp3) is 0.667. The van der Waals surface area contributed by atoms with Gasteiger partial charge in [0.05, 0.1) is 5.60 Å². The first-order chi connectivity index (χ1) is 2.94. The van der Waals surface area contributed by atoms with Gasteiger partial charge in [-0.05, 0) is 19.8 Å². The summed E-state index contributed by atoms with van der Waals surface area (Å²) >= 11 is 0. The largest absolute Gasteiger partial charge is 0.390 e. The Morgan fingerprint density at radius 3 is 1.57 bits per heavy atom. The van der Waals surface area contributed by atoms with Crippen LogP contribution in [0.1, 0.15) is 13.8 Å². The average Bonchev–Trinajstić information content (AvgIpc) is 1.31. The van der Waals surface area contributed by atoms with E-state index in [2.05, 4.69) is 13.8 Å². The molecule has 1 heteroatoms. The zero-order valence-electron chi connectivity index (χ0n) is 4.94. The van der Waals surface area contributed by atoms with E-state index in [9.17, 15) is 0 Å². The maximum absolute atomic E-state index is 8.87. The summed E-state index contributed by atoms with van der Waals surface area (Å²) < 4.78 is 0. The molecular formula is C6H12O. The molecule has 0 saturated heterocycles. The van der Waals surface area contributed by atoms with Crippen LogP contribution in [0.3, 0.4) is 0 Å². The third-order valence-corrected chi connectivity index (χ3v) is 1.07. The average molecular weight is 100 g/mol. The fourth-order valence-corrected chi connectivity index (χ4v) is 0. The molecule has 0 aliphatic carbocycles. The zero-order chi connectivity index (χ0) is 6.08. The molecule has 0 aromatic rings. The van der Waals surface area contributed by atoms with Crippen molar-refractivity contribution in [1.29, 1.82) is 0 Å². The summed E-state index contributed by atoms with van der Waals surface area (Å²) in [5.74, 6) is 0.132. The molecule has 0 rings (SSSR count). The highest BCUT2D eigenvalue weighted by Crippen LogP contribution is 2.11. The van der Waals surface area contributed by atoms with Crippen molar-refractivity contribution in [3.05, 3.63) is 13.8 Å². The van der Waals surface area contributed by atoms with Crippen LogP contribution in [0, 0.1) is 19.8 Å². The van der Waals surface area contributed by atoms with Crippen molar-refractivity contribution in [2.24, 2.45) is 5.92 Å². The van der Waals surface area contributed by atoms with Crippen molar-refractivity contribution in [2.45, 2.75) is 19.4 Å². The normalized spacial score (nSPS) is 12.9. The predicted molar refractivity (Wildman–Crippen MR) is 30.5 cm³/mol. The molecule has 2 radical (unpaired) electrons. The summed E-state index contributed by atoms with van der Waals surface area (Å²) in [4.78, 5) is 0. The van der Waals surface area contributed by atoms with E-state index in [0.717, 1.165) is 0 Å². The standard InChI is InChI=1S/C6H12O/c1-5(2)6(3,4)7/h5,7H,3-4H2,1-2H3. The first-order valence-corrected chi connectivity index (χ1v) is 2.37. The molecule has 0 fully saturated rings. The van der Waals surface area contributed by atoms with Crippen LogP contribution in [0.15, 0.2) is 0 Å². The summed E-state index contributed by atoms with van der Waals surface area (Å²) in [5.41, 5.74) is -1.00. The summed E-state index contributed by atoms with van der Waals surface area (Å²) in [7, 11) is 0. The lowest BCUT2D eigenvalue weighted by molar-refractivity contribution is 0.0864. The van der Waals surface area contributed by atoms with Gasteiger partial charge >= 0.3 is 0 Å². The minimum absolute atomic E-state index is 0.132. The Morgan fingerprint density at radius 1 is 1.43 bits per heavy atom. The first kappa shape index (κ1) is 6.96. The van der Waals surface area contributed by atoms with Crippen LogP contribution in [0.4, 0.5) is 0 Å². The second kappa shape index (κ2) is 1.83. The summed E-state index contributed by atoms with van der Waals surface area (Å²) in [6.07, 6.45) is 0. The van der Waals surface area contributed by atoms with E-state index in [0.29, 0.717) is 0 Å². The van der Waals surface area contributed by atoms with E-state index >= 15 is 0 Å². The lowest BCUT2D eigenvalue weighted by Gasteiger charge is -2.20. The predicted octanol–water partition coefficient (Wildman–Crippen LogP) is 1.04. The van der Waals surface area contributed by atoms with Gasteiger partial charge in [0.25, 0.3) is 0 Å². The van der Waals surface area contributed by atoms with Crippen molar-refractivity contribution < 1.29 is 5.11 Å². The maximum atomic E-state index is 8.87. The number of hydrogen-bond acceptors (Lipinski definition) is 1. The molecule has 7 heavy (non-hydrogen) atoms. The molecule has 1 nitrogen and oxygen atoms in total. The van der Waals surface area contributed by atoms with Gasteiger partial charge in [0.15, 0.2) is 0 Å². The molecule has 0 saturated carbocycles. The van der Waals surface area contributed by atoms with E-state index in [1.165, 1.54) is 0 Å². The molecule has 0 unspecified atom stereocenters. The van der Waals surface area contributed by atoms with Crippen molar-refractivity contribution in [1.82, 2.24) is 0 Å². The molecule has 0 atom stereocenters. The Kier molecular flexibility index (Phi) is 1.82. The van der Waals surface area contributed by atoms with E-state index < -0.39 is 5.60 Å². The monoisotopic (exact) mass is 100 g/mol. The quantitative estimate of drug-likeness (QED) is 0.522. The molecule has 0 heterocycles. The van der Waals surface area contributed by atoms with Crippen molar-refractivity contribution >= 4 is 0 Å². The summed E-state index contributed by atoms with van der Waals surface area (Å²) in [5, 5.41) is 8.87. The highest BCUT2D eigenvalue weighted by molar-refractivity contribution is 4.86. The highest BCUT2D eigenvalue weighted by Gasteiger charge is 2.16. The Bertz CT molecular complexity index is 49.7. The number of rotatable bonds is 1. The summed E-state index contributed by atoms with van der Waals surface area (Å²) in [6, 6.07) is 0. The minimum atomic E-state index is -1.00.